The number of aromatic nitrogens is 6. The molecular formula is C24H26N6O. The zero-order valence-electron chi connectivity index (χ0n) is 18.0. The molecule has 0 amide bonds. The molecule has 3 aromatic heterocycles. The van der Waals surface area contributed by atoms with Crippen LogP contribution in [0.5, 0.6) is 5.75 Å². The van der Waals surface area contributed by atoms with Crippen LogP contribution in [0.4, 0.5) is 0 Å². The third-order valence-corrected chi connectivity index (χ3v) is 5.95. The fourth-order valence-corrected chi connectivity index (χ4v) is 4.15. The largest absolute Gasteiger partial charge is 0.493 e. The molecule has 1 aliphatic rings. The molecule has 4 aromatic rings. The highest BCUT2D eigenvalue weighted by Gasteiger charge is 2.23. The second kappa shape index (κ2) is 7.98. The summed E-state index contributed by atoms with van der Waals surface area (Å²) in [5, 5.41) is 10.9. The van der Waals surface area contributed by atoms with Gasteiger partial charge in [-0.05, 0) is 48.6 Å². The maximum Gasteiger partial charge on any atom is 0.123 e. The molecule has 7 nitrogen and oxygen atoms in total. The first-order valence-electron chi connectivity index (χ1n) is 10.7. The van der Waals surface area contributed by atoms with E-state index < -0.39 is 0 Å². The first kappa shape index (κ1) is 19.5. The lowest BCUT2D eigenvalue weighted by atomic mass is 9.90. The number of hydrogen-bond donors (Lipinski definition) is 1. The first-order chi connectivity index (χ1) is 15.1. The van der Waals surface area contributed by atoms with Crippen LogP contribution in [-0.4, -0.2) is 36.6 Å². The van der Waals surface area contributed by atoms with Gasteiger partial charge in [0.25, 0.3) is 0 Å². The Morgan fingerprint density at radius 2 is 2.06 bits per heavy atom. The van der Waals surface area contributed by atoms with Crippen molar-refractivity contribution < 1.29 is 4.74 Å². The molecule has 0 saturated carbocycles. The van der Waals surface area contributed by atoms with E-state index in [4.69, 9.17) is 4.74 Å². The smallest absolute Gasteiger partial charge is 0.123 e. The van der Waals surface area contributed by atoms with Crippen LogP contribution in [0.15, 0.2) is 49.1 Å². The number of pyridine rings is 1. The predicted octanol–water partition coefficient (Wildman–Crippen LogP) is 4.73. The summed E-state index contributed by atoms with van der Waals surface area (Å²) in [4.78, 5) is 9.13. The highest BCUT2D eigenvalue weighted by atomic mass is 16.5. The van der Waals surface area contributed by atoms with E-state index in [-0.39, 0.29) is 0 Å². The zero-order valence-corrected chi connectivity index (χ0v) is 18.0. The number of imidazole rings is 1. The van der Waals surface area contributed by atoms with Crippen molar-refractivity contribution in [1.29, 1.82) is 0 Å². The number of aromatic amines is 1. The molecule has 1 N–H and O–H groups in total. The van der Waals surface area contributed by atoms with Crippen LogP contribution < -0.4 is 4.74 Å². The molecule has 0 fully saturated rings. The summed E-state index contributed by atoms with van der Waals surface area (Å²) in [6, 6.07) is 10.6. The second-order valence-corrected chi connectivity index (χ2v) is 8.46. The molecule has 31 heavy (non-hydrogen) atoms. The number of nitrogens with zero attached hydrogens (tertiary/aromatic N) is 5. The Balaban J connectivity index is 1.38. The quantitative estimate of drug-likeness (QED) is 0.511. The highest BCUT2D eigenvalue weighted by Crippen LogP contribution is 2.37. The van der Waals surface area contributed by atoms with Gasteiger partial charge in [-0.25, -0.2) is 4.98 Å². The summed E-state index contributed by atoms with van der Waals surface area (Å²) in [5.74, 6) is 1.93. The summed E-state index contributed by atoms with van der Waals surface area (Å²) >= 11 is 0. The van der Waals surface area contributed by atoms with E-state index in [9.17, 15) is 0 Å². The predicted molar refractivity (Wildman–Crippen MR) is 119 cm³/mol. The normalized spacial score (nSPS) is 15.7. The van der Waals surface area contributed by atoms with Gasteiger partial charge in [-0.3, -0.25) is 10.1 Å². The standard InChI is InChI=1S/C24H26N6O/c1-15(2)17-4-5-20-19(7-9-31-23(20)11-17)12-30-13-22(26-14-30)21-10-18(6-8-25-21)24-16(3)27-29-28-24/h4-6,8,10-11,13-15,19H,7,9,12H2,1-3H3,(H,27,28,29)/t19-/m0/s1. The lowest BCUT2D eigenvalue weighted by molar-refractivity contribution is 0.258. The van der Waals surface area contributed by atoms with Crippen molar-refractivity contribution in [2.24, 2.45) is 0 Å². The number of rotatable bonds is 5. The van der Waals surface area contributed by atoms with Crippen LogP contribution in [0.3, 0.4) is 0 Å². The molecule has 1 atom stereocenters. The van der Waals surface area contributed by atoms with Crippen LogP contribution in [0.1, 0.15) is 48.9 Å². The maximum absolute atomic E-state index is 5.97. The summed E-state index contributed by atoms with van der Waals surface area (Å²) in [7, 11) is 0. The van der Waals surface area contributed by atoms with E-state index in [1.807, 2.05) is 25.4 Å². The third-order valence-electron chi connectivity index (χ3n) is 5.95. The summed E-state index contributed by atoms with van der Waals surface area (Å²) in [6.07, 6.45) is 6.75. The lowest BCUT2D eigenvalue weighted by Crippen LogP contribution is -2.18. The van der Waals surface area contributed by atoms with Crippen LogP contribution in [0.2, 0.25) is 0 Å². The Labute approximate surface area is 181 Å². The van der Waals surface area contributed by atoms with E-state index >= 15 is 0 Å². The number of hydrogen-bond acceptors (Lipinski definition) is 5. The summed E-state index contributed by atoms with van der Waals surface area (Å²) in [6.45, 7) is 8.00. The van der Waals surface area contributed by atoms with Crippen LogP contribution >= 0.6 is 0 Å². The Morgan fingerprint density at radius 1 is 1.16 bits per heavy atom. The fraction of sp³-hybridized carbons (Fsp3) is 0.333. The molecule has 4 heterocycles. The average molecular weight is 415 g/mol. The molecule has 0 bridgehead atoms. The van der Waals surface area contributed by atoms with Crippen molar-refractivity contribution in [2.45, 2.75) is 45.6 Å². The minimum absolute atomic E-state index is 0.407. The van der Waals surface area contributed by atoms with Gasteiger partial charge in [0, 0.05) is 30.4 Å². The minimum atomic E-state index is 0.407. The van der Waals surface area contributed by atoms with Crippen molar-refractivity contribution in [3.63, 3.8) is 0 Å². The SMILES string of the molecule is Cc1[nH]nnc1-c1ccnc(-c2cn(C[C@@H]3CCOc4cc(C(C)C)ccc43)cn2)c1. The van der Waals surface area contributed by atoms with E-state index in [1.54, 1.807) is 6.20 Å². The number of H-pyrrole nitrogens is 1. The fourth-order valence-electron chi connectivity index (χ4n) is 4.15. The van der Waals surface area contributed by atoms with Gasteiger partial charge in [-0.2, -0.15) is 0 Å². The molecule has 0 radical (unpaired) electrons. The average Bonchev–Trinajstić information content (AvgIpc) is 3.43. The van der Waals surface area contributed by atoms with Crippen molar-refractivity contribution in [1.82, 2.24) is 29.9 Å². The molecular weight excluding hydrogens is 388 g/mol. The topological polar surface area (TPSA) is 81.5 Å². The molecule has 0 unspecified atom stereocenters. The molecule has 0 saturated heterocycles. The number of aryl methyl sites for hydroxylation is 1. The molecule has 158 valence electrons. The third kappa shape index (κ3) is 3.83. The molecule has 1 aliphatic heterocycles. The van der Waals surface area contributed by atoms with Crippen LogP contribution in [0.25, 0.3) is 22.6 Å². The molecule has 0 spiro atoms. The monoisotopic (exact) mass is 414 g/mol. The number of fused-ring (bicyclic) bond motifs is 1. The summed E-state index contributed by atoms with van der Waals surface area (Å²) < 4.78 is 8.12. The zero-order chi connectivity index (χ0) is 21.4. The Hall–Kier alpha value is -3.48. The summed E-state index contributed by atoms with van der Waals surface area (Å²) in [5.41, 5.74) is 7.03. The van der Waals surface area contributed by atoms with Gasteiger partial charge in [0.15, 0.2) is 0 Å². The number of ether oxygens (including phenoxy) is 1. The molecule has 1 aromatic carbocycles. The second-order valence-electron chi connectivity index (χ2n) is 8.46. The number of nitrogens with one attached hydrogen (secondary N) is 1. The molecule has 7 heteroatoms. The van der Waals surface area contributed by atoms with Gasteiger partial charge in [-0.15, -0.1) is 5.10 Å². The molecule has 5 rings (SSSR count). The van der Waals surface area contributed by atoms with Crippen molar-refractivity contribution in [3.8, 4) is 28.4 Å². The van der Waals surface area contributed by atoms with Gasteiger partial charge < -0.3 is 9.30 Å². The molecule has 0 aliphatic carbocycles. The van der Waals surface area contributed by atoms with Crippen molar-refractivity contribution in [2.75, 3.05) is 6.61 Å². The maximum atomic E-state index is 5.97. The minimum Gasteiger partial charge on any atom is -0.493 e. The van der Waals surface area contributed by atoms with E-state index in [0.29, 0.717) is 11.8 Å². The lowest BCUT2D eigenvalue weighted by Gasteiger charge is -2.27. The van der Waals surface area contributed by atoms with Crippen LogP contribution in [-0.2, 0) is 6.54 Å². The Kier molecular flexibility index (Phi) is 5.02. The van der Waals surface area contributed by atoms with E-state index in [0.717, 1.165) is 53.7 Å². The number of benzene rings is 1. The van der Waals surface area contributed by atoms with E-state index in [1.165, 1.54) is 11.1 Å². The van der Waals surface area contributed by atoms with Crippen LogP contribution in [0, 0.1) is 6.92 Å². The highest BCUT2D eigenvalue weighted by molar-refractivity contribution is 5.67. The first-order valence-corrected chi connectivity index (χ1v) is 10.7. The van der Waals surface area contributed by atoms with Gasteiger partial charge in [-0.1, -0.05) is 31.2 Å². The van der Waals surface area contributed by atoms with Gasteiger partial charge >= 0.3 is 0 Å². The van der Waals surface area contributed by atoms with Crippen molar-refractivity contribution in [3.05, 3.63) is 65.9 Å². The van der Waals surface area contributed by atoms with Gasteiger partial charge in [0.1, 0.15) is 17.1 Å². The Bertz CT molecular complexity index is 1210. The van der Waals surface area contributed by atoms with Crippen molar-refractivity contribution >= 4 is 0 Å². The van der Waals surface area contributed by atoms with Gasteiger partial charge in [0.2, 0.25) is 0 Å². The Morgan fingerprint density at radius 3 is 2.87 bits per heavy atom. The van der Waals surface area contributed by atoms with Gasteiger partial charge in [0.05, 0.1) is 24.3 Å². The van der Waals surface area contributed by atoms with E-state index in [2.05, 4.69) is 68.2 Å².